The lowest BCUT2D eigenvalue weighted by molar-refractivity contribution is -0.143. The SMILES string of the molecule is CCOC(=O)CCCCN1C(=O)c2ccccc2Cc2ccccc21. The zero-order chi connectivity index (χ0) is 17.6. The average Bonchev–Trinajstić information content (AvgIpc) is 2.74. The summed E-state index contributed by atoms with van der Waals surface area (Å²) in [6.45, 7) is 2.82. The lowest BCUT2D eigenvalue weighted by atomic mass is 10.0. The number of carbonyl (C=O) groups is 2. The summed E-state index contributed by atoms with van der Waals surface area (Å²) in [5.41, 5.74) is 3.96. The van der Waals surface area contributed by atoms with E-state index < -0.39 is 0 Å². The number of rotatable bonds is 6. The minimum atomic E-state index is -0.171. The van der Waals surface area contributed by atoms with Gasteiger partial charge in [0.15, 0.2) is 0 Å². The zero-order valence-electron chi connectivity index (χ0n) is 14.5. The highest BCUT2D eigenvalue weighted by atomic mass is 16.5. The van der Waals surface area contributed by atoms with Gasteiger partial charge < -0.3 is 9.64 Å². The summed E-state index contributed by atoms with van der Waals surface area (Å²) in [6.07, 6.45) is 2.64. The number of anilines is 1. The van der Waals surface area contributed by atoms with Crippen molar-refractivity contribution in [3.05, 3.63) is 65.2 Å². The molecule has 2 aromatic rings. The van der Waals surface area contributed by atoms with E-state index in [2.05, 4.69) is 6.07 Å². The van der Waals surface area contributed by atoms with Gasteiger partial charge in [-0.2, -0.15) is 0 Å². The molecule has 25 heavy (non-hydrogen) atoms. The van der Waals surface area contributed by atoms with Crippen molar-refractivity contribution in [3.8, 4) is 0 Å². The molecule has 1 amide bonds. The number of fused-ring (bicyclic) bond motifs is 2. The molecule has 0 aromatic heterocycles. The largest absolute Gasteiger partial charge is 0.466 e. The Morgan fingerprint density at radius 1 is 1.04 bits per heavy atom. The molecule has 4 nitrogen and oxygen atoms in total. The first-order valence-electron chi connectivity index (χ1n) is 8.84. The van der Waals surface area contributed by atoms with E-state index >= 15 is 0 Å². The van der Waals surface area contributed by atoms with Crippen LogP contribution < -0.4 is 4.90 Å². The summed E-state index contributed by atoms with van der Waals surface area (Å²) in [5.74, 6) is -0.132. The fourth-order valence-electron chi connectivity index (χ4n) is 3.26. The highest BCUT2D eigenvalue weighted by Gasteiger charge is 2.25. The van der Waals surface area contributed by atoms with Crippen LogP contribution in [0.2, 0.25) is 0 Å². The van der Waals surface area contributed by atoms with Crippen molar-refractivity contribution < 1.29 is 14.3 Å². The number of unbranched alkanes of at least 4 members (excludes halogenated alkanes) is 1. The fraction of sp³-hybridized carbons (Fsp3) is 0.333. The zero-order valence-corrected chi connectivity index (χ0v) is 14.5. The molecule has 0 saturated heterocycles. The number of hydrogen-bond donors (Lipinski definition) is 0. The quantitative estimate of drug-likeness (QED) is 0.592. The van der Waals surface area contributed by atoms with E-state index in [4.69, 9.17) is 4.74 Å². The summed E-state index contributed by atoms with van der Waals surface area (Å²) in [6, 6.07) is 15.9. The van der Waals surface area contributed by atoms with Gasteiger partial charge in [-0.3, -0.25) is 9.59 Å². The number of amides is 1. The summed E-state index contributed by atoms with van der Waals surface area (Å²) in [5, 5.41) is 0. The molecule has 1 aliphatic rings. The van der Waals surface area contributed by atoms with Gasteiger partial charge in [0, 0.05) is 30.6 Å². The molecule has 0 N–H and O–H groups in total. The van der Waals surface area contributed by atoms with Gasteiger partial charge in [0.25, 0.3) is 5.91 Å². The van der Waals surface area contributed by atoms with Crippen molar-refractivity contribution in [1.82, 2.24) is 0 Å². The fourth-order valence-corrected chi connectivity index (χ4v) is 3.26. The smallest absolute Gasteiger partial charge is 0.305 e. The Bertz CT molecular complexity index is 769. The van der Waals surface area contributed by atoms with E-state index in [9.17, 15) is 9.59 Å². The van der Waals surface area contributed by atoms with Crippen molar-refractivity contribution in [2.24, 2.45) is 0 Å². The first-order chi connectivity index (χ1) is 12.2. The molecule has 130 valence electrons. The van der Waals surface area contributed by atoms with Crippen LogP contribution in [0.3, 0.4) is 0 Å². The van der Waals surface area contributed by atoms with Gasteiger partial charge >= 0.3 is 5.97 Å². The molecule has 1 aliphatic heterocycles. The van der Waals surface area contributed by atoms with E-state index in [0.717, 1.165) is 35.2 Å². The third-order valence-electron chi connectivity index (χ3n) is 4.47. The molecular formula is C21H23NO3. The molecule has 3 rings (SSSR count). The van der Waals surface area contributed by atoms with Gasteiger partial charge in [-0.1, -0.05) is 36.4 Å². The summed E-state index contributed by atoms with van der Waals surface area (Å²) >= 11 is 0. The normalized spacial score (nSPS) is 13.0. The van der Waals surface area contributed by atoms with E-state index in [0.29, 0.717) is 26.0 Å². The number of para-hydroxylation sites is 1. The van der Waals surface area contributed by atoms with Crippen LogP contribution in [0, 0.1) is 0 Å². The van der Waals surface area contributed by atoms with Gasteiger partial charge in [-0.05, 0) is 43.0 Å². The maximum atomic E-state index is 13.1. The van der Waals surface area contributed by atoms with Crippen LogP contribution >= 0.6 is 0 Å². The standard InChI is InChI=1S/C21H23NO3/c1-2-25-20(23)13-7-8-14-22-19-12-6-4-10-17(19)15-16-9-3-5-11-18(16)21(22)24/h3-6,9-12H,2,7-8,13-15H2,1H3. The van der Waals surface area contributed by atoms with Gasteiger partial charge in [0.05, 0.1) is 6.61 Å². The van der Waals surface area contributed by atoms with Gasteiger partial charge in [-0.15, -0.1) is 0 Å². The van der Waals surface area contributed by atoms with Crippen LogP contribution in [0.25, 0.3) is 0 Å². The van der Waals surface area contributed by atoms with E-state index in [1.807, 2.05) is 54.3 Å². The lowest BCUT2D eigenvalue weighted by Gasteiger charge is -2.23. The topological polar surface area (TPSA) is 46.6 Å². The minimum absolute atomic E-state index is 0.0386. The third kappa shape index (κ3) is 3.90. The maximum absolute atomic E-state index is 13.1. The van der Waals surface area contributed by atoms with E-state index in [1.165, 1.54) is 0 Å². The molecule has 0 aliphatic carbocycles. The average molecular weight is 337 g/mol. The van der Waals surface area contributed by atoms with Crippen molar-refractivity contribution in [2.45, 2.75) is 32.6 Å². The molecule has 0 radical (unpaired) electrons. The number of benzene rings is 2. The minimum Gasteiger partial charge on any atom is -0.466 e. The molecular weight excluding hydrogens is 314 g/mol. The van der Waals surface area contributed by atoms with Crippen molar-refractivity contribution >= 4 is 17.6 Å². The number of esters is 1. The van der Waals surface area contributed by atoms with Crippen LogP contribution in [0.4, 0.5) is 5.69 Å². The molecule has 0 bridgehead atoms. The molecule has 0 saturated carbocycles. The molecule has 0 spiro atoms. The maximum Gasteiger partial charge on any atom is 0.305 e. The lowest BCUT2D eigenvalue weighted by Crippen LogP contribution is -2.32. The van der Waals surface area contributed by atoms with Gasteiger partial charge in [0.1, 0.15) is 0 Å². The van der Waals surface area contributed by atoms with Crippen LogP contribution in [0.5, 0.6) is 0 Å². The van der Waals surface area contributed by atoms with Crippen molar-refractivity contribution in [1.29, 1.82) is 0 Å². The van der Waals surface area contributed by atoms with E-state index in [-0.39, 0.29) is 11.9 Å². The number of ether oxygens (including phenoxy) is 1. The number of hydrogen-bond acceptors (Lipinski definition) is 3. The first kappa shape index (κ1) is 17.2. The second kappa shape index (κ2) is 7.97. The molecule has 0 unspecified atom stereocenters. The molecule has 0 atom stereocenters. The molecule has 4 heteroatoms. The highest BCUT2D eigenvalue weighted by molar-refractivity contribution is 6.08. The first-order valence-corrected chi connectivity index (χ1v) is 8.84. The Labute approximate surface area is 148 Å². The Morgan fingerprint density at radius 2 is 1.76 bits per heavy atom. The second-order valence-electron chi connectivity index (χ2n) is 6.18. The Kier molecular flexibility index (Phi) is 5.49. The molecule has 2 aromatic carbocycles. The Morgan fingerprint density at radius 3 is 2.56 bits per heavy atom. The summed E-state index contributed by atoms with van der Waals surface area (Å²) in [4.78, 5) is 26.4. The van der Waals surface area contributed by atoms with Crippen LogP contribution in [-0.2, 0) is 16.0 Å². The van der Waals surface area contributed by atoms with Crippen molar-refractivity contribution in [3.63, 3.8) is 0 Å². The van der Waals surface area contributed by atoms with Crippen LogP contribution in [0.1, 0.15) is 47.7 Å². The summed E-state index contributed by atoms with van der Waals surface area (Å²) in [7, 11) is 0. The van der Waals surface area contributed by atoms with E-state index in [1.54, 1.807) is 0 Å². The number of carbonyl (C=O) groups excluding carboxylic acids is 2. The molecule has 1 heterocycles. The van der Waals surface area contributed by atoms with Gasteiger partial charge in [-0.25, -0.2) is 0 Å². The Balaban J connectivity index is 1.77. The van der Waals surface area contributed by atoms with Crippen LogP contribution in [-0.4, -0.2) is 25.0 Å². The summed E-state index contributed by atoms with van der Waals surface area (Å²) < 4.78 is 4.96. The number of nitrogens with zero attached hydrogens (tertiary/aromatic N) is 1. The predicted octanol–water partition coefficient (Wildman–Crippen LogP) is 3.97. The predicted molar refractivity (Wildman–Crippen MR) is 97.9 cm³/mol. The highest BCUT2D eigenvalue weighted by Crippen LogP contribution is 2.30. The van der Waals surface area contributed by atoms with Crippen LogP contribution in [0.15, 0.2) is 48.5 Å². The molecule has 0 fully saturated rings. The third-order valence-corrected chi connectivity index (χ3v) is 4.47. The van der Waals surface area contributed by atoms with Crippen molar-refractivity contribution in [2.75, 3.05) is 18.1 Å². The van der Waals surface area contributed by atoms with Gasteiger partial charge in [0.2, 0.25) is 0 Å². The second-order valence-corrected chi connectivity index (χ2v) is 6.18. The Hall–Kier alpha value is -2.62. The monoisotopic (exact) mass is 337 g/mol.